The SMILES string of the molecule is C.C.CC(C)CC(=O)CC(O)CO. The Hall–Kier alpha value is -0.410. The van der Waals surface area contributed by atoms with E-state index < -0.39 is 6.10 Å². The molecule has 3 heteroatoms. The normalized spacial score (nSPS) is 11.5. The average molecular weight is 192 g/mol. The van der Waals surface area contributed by atoms with Crippen molar-refractivity contribution in [1.82, 2.24) is 0 Å². The quantitative estimate of drug-likeness (QED) is 0.696. The lowest BCUT2D eigenvalue weighted by Crippen LogP contribution is -2.18. The lowest BCUT2D eigenvalue weighted by molar-refractivity contribution is -0.122. The largest absolute Gasteiger partial charge is 0.394 e. The fourth-order valence-corrected chi connectivity index (χ4v) is 0.866. The number of carbonyl (C=O) groups is 1. The van der Waals surface area contributed by atoms with Gasteiger partial charge in [0.1, 0.15) is 5.78 Å². The van der Waals surface area contributed by atoms with E-state index in [4.69, 9.17) is 10.2 Å². The van der Waals surface area contributed by atoms with E-state index >= 15 is 0 Å². The molecule has 0 saturated carbocycles. The molecular formula is C10H24O3. The van der Waals surface area contributed by atoms with Gasteiger partial charge in [0.2, 0.25) is 0 Å². The number of ketones is 1. The highest BCUT2D eigenvalue weighted by Gasteiger charge is 2.10. The number of aliphatic hydroxyl groups is 2. The molecule has 2 N–H and O–H groups in total. The van der Waals surface area contributed by atoms with Crippen LogP contribution < -0.4 is 0 Å². The van der Waals surface area contributed by atoms with Crippen LogP contribution in [0, 0.1) is 5.92 Å². The molecule has 0 spiro atoms. The summed E-state index contributed by atoms with van der Waals surface area (Å²) >= 11 is 0. The monoisotopic (exact) mass is 192 g/mol. The number of rotatable bonds is 5. The molecule has 82 valence electrons. The summed E-state index contributed by atoms with van der Waals surface area (Å²) in [6.07, 6.45) is -0.313. The van der Waals surface area contributed by atoms with Crippen LogP contribution in [0.5, 0.6) is 0 Å². The number of carbonyl (C=O) groups excluding carboxylic acids is 1. The molecule has 0 aliphatic heterocycles. The molecule has 0 aromatic heterocycles. The minimum absolute atomic E-state index is 0. The second kappa shape index (κ2) is 9.68. The molecule has 0 aliphatic rings. The molecule has 1 atom stereocenters. The fraction of sp³-hybridized carbons (Fsp3) is 0.900. The lowest BCUT2D eigenvalue weighted by Gasteiger charge is -2.06. The molecule has 0 saturated heterocycles. The summed E-state index contributed by atoms with van der Waals surface area (Å²) in [5, 5.41) is 17.3. The predicted octanol–water partition coefficient (Wildman–Crippen LogP) is 1.62. The summed E-state index contributed by atoms with van der Waals surface area (Å²) < 4.78 is 0. The number of hydrogen-bond acceptors (Lipinski definition) is 3. The maximum atomic E-state index is 11.0. The number of hydrogen-bond donors (Lipinski definition) is 2. The van der Waals surface area contributed by atoms with Crippen LogP contribution in [0.15, 0.2) is 0 Å². The zero-order chi connectivity index (χ0) is 8.85. The van der Waals surface area contributed by atoms with Crippen molar-refractivity contribution in [2.24, 2.45) is 5.92 Å². The van der Waals surface area contributed by atoms with Crippen LogP contribution in [0.3, 0.4) is 0 Å². The van der Waals surface area contributed by atoms with Gasteiger partial charge < -0.3 is 10.2 Å². The van der Waals surface area contributed by atoms with Crippen molar-refractivity contribution in [3.05, 3.63) is 0 Å². The van der Waals surface area contributed by atoms with Crippen molar-refractivity contribution in [2.75, 3.05) is 6.61 Å². The second-order valence-electron chi connectivity index (χ2n) is 3.18. The molecule has 13 heavy (non-hydrogen) atoms. The van der Waals surface area contributed by atoms with E-state index in [0.29, 0.717) is 12.3 Å². The third-order valence-electron chi connectivity index (χ3n) is 1.31. The molecule has 3 nitrogen and oxygen atoms in total. The lowest BCUT2D eigenvalue weighted by atomic mass is 10.0. The van der Waals surface area contributed by atoms with Gasteiger partial charge >= 0.3 is 0 Å². The third-order valence-corrected chi connectivity index (χ3v) is 1.31. The van der Waals surface area contributed by atoms with Gasteiger partial charge in [0.25, 0.3) is 0 Å². The zero-order valence-electron chi connectivity index (χ0n) is 7.08. The molecule has 0 aliphatic carbocycles. The Morgan fingerprint density at radius 2 is 1.69 bits per heavy atom. The average Bonchev–Trinajstić information content (AvgIpc) is 1.85. The van der Waals surface area contributed by atoms with Gasteiger partial charge in [-0.3, -0.25) is 4.79 Å². The summed E-state index contributed by atoms with van der Waals surface area (Å²) in [5.74, 6) is 0.343. The highest BCUT2D eigenvalue weighted by atomic mass is 16.3. The maximum absolute atomic E-state index is 11.0. The minimum atomic E-state index is -0.874. The van der Waals surface area contributed by atoms with Crippen molar-refractivity contribution in [3.63, 3.8) is 0 Å². The molecule has 0 rings (SSSR count). The topological polar surface area (TPSA) is 57.5 Å². The summed E-state index contributed by atoms with van der Waals surface area (Å²) in [4.78, 5) is 11.0. The molecule has 0 fully saturated rings. The first kappa shape index (κ1) is 18.4. The number of Topliss-reactive ketones (excluding diaryl/α,β-unsaturated/α-hetero) is 1. The third kappa shape index (κ3) is 11.6. The van der Waals surface area contributed by atoms with E-state index in [2.05, 4.69) is 0 Å². The highest BCUT2D eigenvalue weighted by Crippen LogP contribution is 2.04. The predicted molar refractivity (Wildman–Crippen MR) is 55.6 cm³/mol. The maximum Gasteiger partial charge on any atom is 0.135 e. The van der Waals surface area contributed by atoms with Crippen molar-refractivity contribution in [3.8, 4) is 0 Å². The van der Waals surface area contributed by atoms with Gasteiger partial charge in [0, 0.05) is 12.8 Å². The summed E-state index contributed by atoms with van der Waals surface area (Å²) in [6, 6.07) is 0. The Bertz CT molecular complexity index is 121. The Balaban J connectivity index is -0.000000500. The number of aliphatic hydroxyl groups excluding tert-OH is 2. The first-order chi connectivity index (χ1) is 5.06. The van der Waals surface area contributed by atoms with Crippen molar-refractivity contribution < 1.29 is 15.0 Å². The van der Waals surface area contributed by atoms with Crippen LogP contribution in [0.1, 0.15) is 41.5 Å². The molecule has 0 heterocycles. The van der Waals surface area contributed by atoms with Gasteiger partial charge in [0.15, 0.2) is 0 Å². The van der Waals surface area contributed by atoms with Gasteiger partial charge in [0.05, 0.1) is 12.7 Å². The van der Waals surface area contributed by atoms with Gasteiger partial charge in [-0.05, 0) is 5.92 Å². The van der Waals surface area contributed by atoms with Gasteiger partial charge in [-0.1, -0.05) is 28.7 Å². The molecule has 1 unspecified atom stereocenters. The Morgan fingerprint density at radius 3 is 2.00 bits per heavy atom. The Kier molecular flexibility index (Phi) is 13.7. The van der Waals surface area contributed by atoms with Gasteiger partial charge in [-0.15, -0.1) is 0 Å². The van der Waals surface area contributed by atoms with Crippen LogP contribution in [-0.4, -0.2) is 28.7 Å². The van der Waals surface area contributed by atoms with Crippen LogP contribution in [-0.2, 0) is 4.79 Å². The van der Waals surface area contributed by atoms with Gasteiger partial charge in [-0.25, -0.2) is 0 Å². The minimum Gasteiger partial charge on any atom is -0.394 e. The van der Waals surface area contributed by atoms with E-state index in [0.717, 1.165) is 0 Å². The van der Waals surface area contributed by atoms with E-state index in [9.17, 15) is 4.79 Å². The molecule has 0 radical (unpaired) electrons. The molecule has 0 aromatic carbocycles. The fourth-order valence-electron chi connectivity index (χ4n) is 0.866. The van der Waals surface area contributed by atoms with Crippen LogP contribution in [0.4, 0.5) is 0 Å². The first-order valence-electron chi connectivity index (χ1n) is 3.87. The van der Waals surface area contributed by atoms with Crippen molar-refractivity contribution in [2.45, 2.75) is 47.6 Å². The summed E-state index contributed by atoms with van der Waals surface area (Å²) in [6.45, 7) is 3.57. The Labute approximate surface area is 81.8 Å². The molecule has 0 aromatic rings. The van der Waals surface area contributed by atoms with E-state index in [1.165, 1.54) is 0 Å². The van der Waals surface area contributed by atoms with E-state index in [1.807, 2.05) is 13.8 Å². The zero-order valence-corrected chi connectivity index (χ0v) is 7.08. The van der Waals surface area contributed by atoms with E-state index in [-0.39, 0.29) is 33.7 Å². The second-order valence-corrected chi connectivity index (χ2v) is 3.18. The summed E-state index contributed by atoms with van der Waals surface area (Å²) in [5.41, 5.74) is 0. The first-order valence-corrected chi connectivity index (χ1v) is 3.87. The van der Waals surface area contributed by atoms with Crippen molar-refractivity contribution >= 4 is 5.78 Å². The van der Waals surface area contributed by atoms with Crippen LogP contribution >= 0.6 is 0 Å². The van der Waals surface area contributed by atoms with Crippen molar-refractivity contribution in [1.29, 1.82) is 0 Å². The van der Waals surface area contributed by atoms with Crippen LogP contribution in [0.2, 0.25) is 0 Å². The standard InChI is InChI=1S/C8H16O3.2CH4/c1-6(2)3-7(10)4-8(11)5-9;;/h6,8-9,11H,3-5H2,1-2H3;2*1H4. The molecule has 0 amide bonds. The smallest absolute Gasteiger partial charge is 0.135 e. The van der Waals surface area contributed by atoms with Gasteiger partial charge in [-0.2, -0.15) is 0 Å². The Morgan fingerprint density at radius 1 is 1.23 bits per heavy atom. The summed E-state index contributed by atoms with van der Waals surface area (Å²) in [7, 11) is 0. The molecule has 0 bridgehead atoms. The highest BCUT2D eigenvalue weighted by molar-refractivity contribution is 5.79. The molecular weight excluding hydrogens is 168 g/mol. The van der Waals surface area contributed by atoms with Crippen LogP contribution in [0.25, 0.3) is 0 Å². The van der Waals surface area contributed by atoms with E-state index in [1.54, 1.807) is 0 Å².